The predicted molar refractivity (Wildman–Crippen MR) is 76.5 cm³/mol. The molecule has 2 heterocycles. The van der Waals surface area contributed by atoms with Gasteiger partial charge in [-0.25, -0.2) is 0 Å². The van der Waals surface area contributed by atoms with Gasteiger partial charge in [0.25, 0.3) is 5.91 Å². The third kappa shape index (κ3) is 3.99. The monoisotopic (exact) mass is 292 g/mol. The average Bonchev–Trinajstić information content (AvgIpc) is 2.87. The molecule has 2 rings (SSSR count). The maximum Gasteiger partial charge on any atom is 0.257 e. The fourth-order valence-corrected chi connectivity index (χ4v) is 2.44. The highest BCUT2D eigenvalue weighted by molar-refractivity contribution is 7.15. The van der Waals surface area contributed by atoms with E-state index >= 15 is 0 Å². The lowest BCUT2D eigenvalue weighted by atomic mass is 10.2. The van der Waals surface area contributed by atoms with Crippen LogP contribution in [-0.4, -0.2) is 16.1 Å². The summed E-state index contributed by atoms with van der Waals surface area (Å²) in [6.07, 6.45) is 6.87. The lowest BCUT2D eigenvalue weighted by Crippen LogP contribution is -2.25. The van der Waals surface area contributed by atoms with Gasteiger partial charge in [-0.3, -0.25) is 10.1 Å². The Kier molecular flexibility index (Phi) is 5.00. The van der Waals surface area contributed by atoms with Gasteiger partial charge in [0.2, 0.25) is 5.13 Å². The van der Waals surface area contributed by atoms with Gasteiger partial charge in [-0.15, -0.1) is 10.2 Å². The highest BCUT2D eigenvalue weighted by atomic mass is 32.1. The van der Waals surface area contributed by atoms with E-state index in [9.17, 15) is 10.0 Å². The number of carbonyl (C=O) groups excluding carboxylic acids is 1. The summed E-state index contributed by atoms with van der Waals surface area (Å²) in [5, 5.41) is 23.0. The van der Waals surface area contributed by atoms with Gasteiger partial charge in [0, 0.05) is 18.6 Å². The smallest absolute Gasteiger partial charge is 0.257 e. The normalized spacial score (nSPS) is 10.4. The first-order valence-corrected chi connectivity index (χ1v) is 7.33. The maximum atomic E-state index is 11.9. The van der Waals surface area contributed by atoms with Crippen LogP contribution in [0.25, 0.3) is 0 Å². The van der Waals surface area contributed by atoms with E-state index in [2.05, 4.69) is 22.4 Å². The number of unbranched alkanes of at least 4 members (excludes halogenated alkanes) is 2. The first-order valence-electron chi connectivity index (χ1n) is 6.51. The lowest BCUT2D eigenvalue weighted by Gasteiger charge is -2.00. The van der Waals surface area contributed by atoms with Crippen LogP contribution in [0.1, 0.15) is 41.6 Å². The van der Waals surface area contributed by atoms with E-state index in [1.807, 2.05) is 0 Å². The summed E-state index contributed by atoms with van der Waals surface area (Å²) in [5.74, 6) is -0.290. The van der Waals surface area contributed by atoms with Crippen LogP contribution >= 0.6 is 11.3 Å². The molecule has 0 aromatic carbocycles. The summed E-state index contributed by atoms with van der Waals surface area (Å²) < 4.78 is 0.633. The van der Waals surface area contributed by atoms with Crippen molar-refractivity contribution in [3.05, 3.63) is 40.3 Å². The van der Waals surface area contributed by atoms with Crippen LogP contribution < -0.4 is 10.0 Å². The van der Waals surface area contributed by atoms with Crippen molar-refractivity contribution >= 4 is 22.4 Å². The van der Waals surface area contributed by atoms with Crippen LogP contribution in [0.2, 0.25) is 0 Å². The van der Waals surface area contributed by atoms with E-state index in [0.29, 0.717) is 15.4 Å². The van der Waals surface area contributed by atoms with E-state index in [1.54, 1.807) is 0 Å². The Bertz CT molecular complexity index is 568. The number of pyridine rings is 1. The Balaban J connectivity index is 1.92. The van der Waals surface area contributed by atoms with Crippen LogP contribution in [-0.2, 0) is 6.42 Å². The number of rotatable bonds is 6. The maximum absolute atomic E-state index is 11.9. The largest absolute Gasteiger partial charge is 0.619 e. The number of anilines is 1. The molecule has 20 heavy (non-hydrogen) atoms. The van der Waals surface area contributed by atoms with Crippen molar-refractivity contribution in [3.8, 4) is 0 Å². The van der Waals surface area contributed by atoms with E-state index in [-0.39, 0.29) is 5.91 Å². The molecule has 106 valence electrons. The first-order chi connectivity index (χ1) is 9.69. The Hall–Kier alpha value is -2.02. The quantitative estimate of drug-likeness (QED) is 0.502. The molecule has 0 aliphatic carbocycles. The second kappa shape index (κ2) is 6.95. The zero-order valence-corrected chi connectivity index (χ0v) is 12.0. The highest BCUT2D eigenvalue weighted by Gasteiger charge is 2.10. The van der Waals surface area contributed by atoms with Crippen LogP contribution in [0.5, 0.6) is 0 Å². The minimum Gasteiger partial charge on any atom is -0.619 e. The molecule has 0 radical (unpaired) electrons. The molecule has 7 heteroatoms. The lowest BCUT2D eigenvalue weighted by molar-refractivity contribution is -0.605. The van der Waals surface area contributed by atoms with E-state index in [1.165, 1.54) is 42.3 Å². The van der Waals surface area contributed by atoms with Gasteiger partial charge >= 0.3 is 0 Å². The van der Waals surface area contributed by atoms with Crippen molar-refractivity contribution in [2.75, 3.05) is 5.32 Å². The minimum absolute atomic E-state index is 0.290. The van der Waals surface area contributed by atoms with Crippen LogP contribution in [0, 0.1) is 5.21 Å². The van der Waals surface area contributed by atoms with Crippen molar-refractivity contribution in [2.24, 2.45) is 0 Å². The number of hydrogen-bond acceptors (Lipinski definition) is 5. The number of amides is 1. The standard InChI is InChI=1S/C13H16N4O2S/c1-2-3-4-5-11-15-16-13(20-11)14-12(18)10-6-8-17(19)9-7-10/h6-9H,2-5H2,1H3,(H,14,16,18). The van der Waals surface area contributed by atoms with Gasteiger partial charge in [-0.2, -0.15) is 4.73 Å². The molecule has 0 bridgehead atoms. The Morgan fingerprint density at radius 2 is 2.10 bits per heavy atom. The van der Waals surface area contributed by atoms with E-state index in [4.69, 9.17) is 0 Å². The molecule has 0 atom stereocenters. The molecular weight excluding hydrogens is 276 g/mol. The Morgan fingerprint density at radius 3 is 2.80 bits per heavy atom. The minimum atomic E-state index is -0.290. The van der Waals surface area contributed by atoms with E-state index in [0.717, 1.165) is 24.3 Å². The third-order valence-electron chi connectivity index (χ3n) is 2.75. The summed E-state index contributed by atoms with van der Waals surface area (Å²) >= 11 is 1.39. The summed E-state index contributed by atoms with van der Waals surface area (Å²) in [6.45, 7) is 2.15. The third-order valence-corrected chi connectivity index (χ3v) is 3.64. The molecule has 0 unspecified atom stereocenters. The molecule has 1 amide bonds. The van der Waals surface area contributed by atoms with Crippen molar-refractivity contribution in [1.29, 1.82) is 0 Å². The molecule has 0 aliphatic rings. The van der Waals surface area contributed by atoms with Crippen molar-refractivity contribution in [3.63, 3.8) is 0 Å². The SMILES string of the molecule is CCCCCc1nnc(NC(=O)c2cc[n+]([O-])cc2)s1. The van der Waals surface area contributed by atoms with Crippen molar-refractivity contribution < 1.29 is 9.52 Å². The molecule has 2 aromatic rings. The van der Waals surface area contributed by atoms with Gasteiger partial charge in [0.15, 0.2) is 12.4 Å². The number of nitrogens with zero attached hydrogens (tertiary/aromatic N) is 3. The fourth-order valence-electron chi connectivity index (χ4n) is 1.66. The van der Waals surface area contributed by atoms with E-state index < -0.39 is 0 Å². The van der Waals surface area contributed by atoms with Crippen LogP contribution in [0.15, 0.2) is 24.5 Å². The van der Waals surface area contributed by atoms with Crippen LogP contribution in [0.3, 0.4) is 0 Å². The average molecular weight is 292 g/mol. The summed E-state index contributed by atoms with van der Waals surface area (Å²) in [7, 11) is 0. The zero-order valence-electron chi connectivity index (χ0n) is 11.2. The molecule has 0 saturated carbocycles. The number of hydrogen-bond donors (Lipinski definition) is 1. The molecule has 0 fully saturated rings. The van der Waals surface area contributed by atoms with Crippen molar-refractivity contribution in [2.45, 2.75) is 32.6 Å². The van der Waals surface area contributed by atoms with Crippen molar-refractivity contribution in [1.82, 2.24) is 10.2 Å². The van der Waals surface area contributed by atoms with Gasteiger partial charge in [-0.1, -0.05) is 31.1 Å². The number of carbonyl (C=O) groups is 1. The summed E-state index contributed by atoms with van der Waals surface area (Å²) in [6, 6.07) is 2.93. The number of aryl methyl sites for hydroxylation is 1. The molecule has 0 aliphatic heterocycles. The summed E-state index contributed by atoms with van der Waals surface area (Å²) in [5.41, 5.74) is 0.417. The van der Waals surface area contributed by atoms with Gasteiger partial charge < -0.3 is 5.21 Å². The Labute approximate surface area is 121 Å². The highest BCUT2D eigenvalue weighted by Crippen LogP contribution is 2.18. The topological polar surface area (TPSA) is 81.8 Å². The Morgan fingerprint density at radius 1 is 1.35 bits per heavy atom. The van der Waals surface area contributed by atoms with Gasteiger partial charge in [0.1, 0.15) is 5.01 Å². The molecule has 2 aromatic heterocycles. The fraction of sp³-hybridized carbons (Fsp3) is 0.385. The number of nitrogens with one attached hydrogen (secondary N) is 1. The molecule has 6 nitrogen and oxygen atoms in total. The second-order valence-electron chi connectivity index (χ2n) is 4.36. The molecule has 1 N–H and O–H groups in total. The number of aromatic nitrogens is 3. The summed E-state index contributed by atoms with van der Waals surface area (Å²) in [4.78, 5) is 11.9. The first kappa shape index (κ1) is 14.4. The second-order valence-corrected chi connectivity index (χ2v) is 5.42. The predicted octanol–water partition coefficient (Wildman–Crippen LogP) is 2.16. The van der Waals surface area contributed by atoms with Gasteiger partial charge in [-0.05, 0) is 6.42 Å². The molecular formula is C13H16N4O2S. The van der Waals surface area contributed by atoms with Gasteiger partial charge in [0.05, 0.1) is 5.56 Å². The molecule has 0 spiro atoms. The van der Waals surface area contributed by atoms with Crippen LogP contribution in [0.4, 0.5) is 5.13 Å². The zero-order chi connectivity index (χ0) is 14.4. The molecule has 0 saturated heterocycles.